The van der Waals surface area contributed by atoms with Crippen LogP contribution in [0.5, 0.6) is 5.75 Å². The molecule has 25 heavy (non-hydrogen) atoms. The minimum Gasteiger partial charge on any atom is -0.491 e. The summed E-state index contributed by atoms with van der Waals surface area (Å²) in [5, 5.41) is 0. The fourth-order valence-corrected chi connectivity index (χ4v) is 4.05. The fourth-order valence-electron chi connectivity index (χ4n) is 4.05. The number of alkyl halides is 1. The molecule has 1 nitrogen and oxygen atoms in total. The maximum atomic E-state index is 14.1. The molecule has 1 atom stereocenters. The van der Waals surface area contributed by atoms with Gasteiger partial charge < -0.3 is 4.74 Å². The van der Waals surface area contributed by atoms with Gasteiger partial charge in [-0.15, -0.1) is 0 Å². The molecule has 1 aromatic carbocycles. The van der Waals surface area contributed by atoms with Crippen LogP contribution < -0.4 is 4.74 Å². The van der Waals surface area contributed by atoms with Crippen LogP contribution in [0.4, 0.5) is 4.39 Å². The lowest BCUT2D eigenvalue weighted by Crippen LogP contribution is -2.18. The van der Waals surface area contributed by atoms with E-state index < -0.39 is 6.17 Å². The molecular formula is C23H37FO. The van der Waals surface area contributed by atoms with Gasteiger partial charge in [0.25, 0.3) is 0 Å². The molecule has 1 saturated carbocycles. The monoisotopic (exact) mass is 348 g/mol. The highest BCUT2D eigenvalue weighted by Crippen LogP contribution is 2.34. The van der Waals surface area contributed by atoms with E-state index in [-0.39, 0.29) is 6.61 Å². The van der Waals surface area contributed by atoms with Crippen LogP contribution in [0, 0.1) is 11.8 Å². The number of para-hydroxylation sites is 1. The molecule has 1 fully saturated rings. The zero-order valence-corrected chi connectivity index (χ0v) is 16.1. The third kappa shape index (κ3) is 8.74. The number of ether oxygens (including phenoxy) is 1. The van der Waals surface area contributed by atoms with Crippen LogP contribution in [-0.4, -0.2) is 12.8 Å². The normalized spacial score (nSPS) is 21.8. The van der Waals surface area contributed by atoms with Crippen LogP contribution in [0.15, 0.2) is 30.3 Å². The Labute approximate surface area is 154 Å². The first-order valence-corrected chi connectivity index (χ1v) is 10.6. The Morgan fingerprint density at radius 2 is 1.56 bits per heavy atom. The van der Waals surface area contributed by atoms with E-state index in [1.54, 1.807) is 0 Å². The number of hydrogen-bond donors (Lipinski definition) is 0. The smallest absolute Gasteiger partial charge is 0.134 e. The topological polar surface area (TPSA) is 9.23 Å². The molecule has 0 amide bonds. The summed E-state index contributed by atoms with van der Waals surface area (Å²) >= 11 is 0. The molecule has 0 aromatic heterocycles. The lowest BCUT2D eigenvalue weighted by atomic mass is 9.78. The van der Waals surface area contributed by atoms with Crippen molar-refractivity contribution in [3.05, 3.63) is 30.3 Å². The first kappa shape index (κ1) is 20.3. The Balaban J connectivity index is 1.50. The Bertz CT molecular complexity index is 425. The summed E-state index contributed by atoms with van der Waals surface area (Å²) in [6.07, 6.45) is 14.6. The summed E-state index contributed by atoms with van der Waals surface area (Å²) in [6.45, 7) is 2.47. The second-order valence-electron chi connectivity index (χ2n) is 7.89. The average Bonchev–Trinajstić information content (AvgIpc) is 2.66. The molecular weight excluding hydrogens is 311 g/mol. The molecule has 2 heteroatoms. The molecule has 0 bridgehead atoms. The van der Waals surface area contributed by atoms with Gasteiger partial charge in [-0.3, -0.25) is 0 Å². The minimum atomic E-state index is -0.837. The number of benzene rings is 1. The highest BCUT2D eigenvalue weighted by Gasteiger charge is 2.21. The van der Waals surface area contributed by atoms with E-state index in [4.69, 9.17) is 4.74 Å². The summed E-state index contributed by atoms with van der Waals surface area (Å²) in [5.74, 6) is 2.45. The molecule has 1 aliphatic carbocycles. The van der Waals surface area contributed by atoms with Crippen LogP contribution >= 0.6 is 0 Å². The lowest BCUT2D eigenvalue weighted by molar-refractivity contribution is 0.166. The first-order chi connectivity index (χ1) is 12.3. The van der Waals surface area contributed by atoms with E-state index in [2.05, 4.69) is 6.92 Å². The van der Waals surface area contributed by atoms with Crippen molar-refractivity contribution in [3.8, 4) is 5.75 Å². The maximum absolute atomic E-state index is 14.1. The van der Waals surface area contributed by atoms with Gasteiger partial charge >= 0.3 is 0 Å². The van der Waals surface area contributed by atoms with E-state index in [0.717, 1.165) is 24.0 Å². The van der Waals surface area contributed by atoms with Crippen molar-refractivity contribution in [3.63, 3.8) is 0 Å². The van der Waals surface area contributed by atoms with Gasteiger partial charge in [-0.25, -0.2) is 4.39 Å². The van der Waals surface area contributed by atoms with Crippen LogP contribution in [0.3, 0.4) is 0 Å². The molecule has 1 unspecified atom stereocenters. The molecule has 0 saturated heterocycles. The predicted molar refractivity (Wildman–Crippen MR) is 105 cm³/mol. The lowest BCUT2D eigenvalue weighted by Gasteiger charge is -2.29. The van der Waals surface area contributed by atoms with Gasteiger partial charge in [0.05, 0.1) is 0 Å². The van der Waals surface area contributed by atoms with Crippen molar-refractivity contribution in [2.75, 3.05) is 6.61 Å². The van der Waals surface area contributed by atoms with Gasteiger partial charge in [-0.2, -0.15) is 0 Å². The molecule has 1 aliphatic rings. The molecule has 0 spiro atoms. The standard InChI is InChI=1S/C23H37FO/c1-2-3-4-5-7-10-20-13-15-21(16-14-20)17-18-22(24)19-25-23-11-8-6-9-12-23/h6,8-9,11-12,20-22H,2-5,7,10,13-19H2,1H3/t20-,21-,22?. The van der Waals surface area contributed by atoms with Crippen molar-refractivity contribution in [2.45, 2.75) is 90.1 Å². The van der Waals surface area contributed by atoms with Crippen molar-refractivity contribution in [1.29, 1.82) is 0 Å². The van der Waals surface area contributed by atoms with E-state index >= 15 is 0 Å². The molecule has 2 rings (SSSR count). The van der Waals surface area contributed by atoms with Crippen LogP contribution in [0.2, 0.25) is 0 Å². The van der Waals surface area contributed by atoms with E-state index in [0.29, 0.717) is 6.42 Å². The zero-order chi connectivity index (χ0) is 17.7. The maximum Gasteiger partial charge on any atom is 0.134 e. The molecule has 142 valence electrons. The molecule has 1 aromatic rings. The summed E-state index contributed by atoms with van der Waals surface area (Å²) < 4.78 is 19.6. The largest absolute Gasteiger partial charge is 0.491 e. The Morgan fingerprint density at radius 3 is 2.24 bits per heavy atom. The average molecular weight is 349 g/mol. The Kier molecular flexibility index (Phi) is 9.99. The second-order valence-corrected chi connectivity index (χ2v) is 7.89. The van der Waals surface area contributed by atoms with E-state index in [1.807, 2.05) is 30.3 Å². The number of unbranched alkanes of at least 4 members (excludes halogenated alkanes) is 4. The van der Waals surface area contributed by atoms with Gasteiger partial charge in [0.15, 0.2) is 0 Å². The summed E-state index contributed by atoms with van der Waals surface area (Å²) in [5.41, 5.74) is 0. The number of hydrogen-bond acceptors (Lipinski definition) is 1. The van der Waals surface area contributed by atoms with Gasteiger partial charge in [0, 0.05) is 0 Å². The third-order valence-electron chi connectivity index (χ3n) is 5.74. The number of halogens is 1. The van der Waals surface area contributed by atoms with Gasteiger partial charge in [-0.05, 0) is 36.8 Å². The van der Waals surface area contributed by atoms with E-state index in [1.165, 1.54) is 64.2 Å². The molecule has 0 radical (unpaired) electrons. The highest BCUT2D eigenvalue weighted by molar-refractivity contribution is 5.20. The van der Waals surface area contributed by atoms with Crippen LogP contribution in [0.1, 0.15) is 84.0 Å². The number of rotatable bonds is 12. The summed E-state index contributed by atoms with van der Waals surface area (Å²) in [4.78, 5) is 0. The van der Waals surface area contributed by atoms with Crippen molar-refractivity contribution in [2.24, 2.45) is 11.8 Å². The Hall–Kier alpha value is -1.05. The Morgan fingerprint density at radius 1 is 0.920 bits per heavy atom. The third-order valence-corrected chi connectivity index (χ3v) is 5.74. The molecule has 0 N–H and O–H groups in total. The minimum absolute atomic E-state index is 0.192. The zero-order valence-electron chi connectivity index (χ0n) is 16.1. The predicted octanol–water partition coefficient (Wildman–Crippen LogP) is 7.35. The van der Waals surface area contributed by atoms with Crippen molar-refractivity contribution in [1.82, 2.24) is 0 Å². The quantitative estimate of drug-likeness (QED) is 0.359. The molecule has 0 heterocycles. The van der Waals surface area contributed by atoms with E-state index in [9.17, 15) is 4.39 Å². The van der Waals surface area contributed by atoms with Crippen LogP contribution in [-0.2, 0) is 0 Å². The van der Waals surface area contributed by atoms with Gasteiger partial charge in [0.2, 0.25) is 0 Å². The summed E-state index contributed by atoms with van der Waals surface area (Å²) in [7, 11) is 0. The highest BCUT2D eigenvalue weighted by atomic mass is 19.1. The van der Waals surface area contributed by atoms with Gasteiger partial charge in [0.1, 0.15) is 18.5 Å². The molecule has 0 aliphatic heterocycles. The van der Waals surface area contributed by atoms with Gasteiger partial charge in [-0.1, -0.05) is 89.3 Å². The van der Waals surface area contributed by atoms with Crippen LogP contribution in [0.25, 0.3) is 0 Å². The first-order valence-electron chi connectivity index (χ1n) is 10.6. The van der Waals surface area contributed by atoms with Crippen molar-refractivity contribution < 1.29 is 9.13 Å². The second kappa shape index (κ2) is 12.3. The summed E-state index contributed by atoms with van der Waals surface area (Å²) in [6, 6.07) is 9.56. The SMILES string of the molecule is CCCCCCC[C@H]1CC[C@H](CCC(F)COc2ccccc2)CC1. The van der Waals surface area contributed by atoms with Crippen molar-refractivity contribution >= 4 is 0 Å². The fraction of sp³-hybridized carbons (Fsp3) is 0.739.